The second-order valence-electron chi connectivity index (χ2n) is 8.14. The molecule has 0 saturated heterocycles. The van der Waals surface area contributed by atoms with Gasteiger partial charge in [-0.3, -0.25) is 4.79 Å². The van der Waals surface area contributed by atoms with Gasteiger partial charge in [0, 0.05) is 12.6 Å². The highest BCUT2D eigenvalue weighted by molar-refractivity contribution is 5.91. The van der Waals surface area contributed by atoms with E-state index in [1.165, 1.54) is 56.9 Å². The van der Waals surface area contributed by atoms with Crippen LogP contribution < -0.4 is 4.74 Å². The van der Waals surface area contributed by atoms with Gasteiger partial charge in [0.05, 0.1) is 6.54 Å². The topological polar surface area (TPSA) is 29.5 Å². The van der Waals surface area contributed by atoms with Crippen LogP contribution in [0.4, 0.5) is 0 Å². The molecule has 1 aromatic rings. The van der Waals surface area contributed by atoms with Gasteiger partial charge in [-0.1, -0.05) is 51.3 Å². The lowest BCUT2D eigenvalue weighted by Gasteiger charge is -2.29. The Labute approximate surface area is 165 Å². The number of ether oxygens (including phenoxy) is 1. The zero-order valence-corrected chi connectivity index (χ0v) is 17.5. The van der Waals surface area contributed by atoms with Gasteiger partial charge < -0.3 is 9.64 Å². The van der Waals surface area contributed by atoms with E-state index in [2.05, 4.69) is 37.8 Å². The van der Waals surface area contributed by atoms with Gasteiger partial charge in [0.2, 0.25) is 5.91 Å². The Balaban J connectivity index is 1.72. The quantitative estimate of drug-likeness (QED) is 0.375. The fourth-order valence-electron chi connectivity index (χ4n) is 4.03. The molecule has 0 aliphatic heterocycles. The highest BCUT2D eigenvalue weighted by Gasteiger charge is 2.22. The summed E-state index contributed by atoms with van der Waals surface area (Å²) >= 11 is 0. The van der Waals surface area contributed by atoms with Gasteiger partial charge in [-0.2, -0.15) is 0 Å². The number of amides is 1. The van der Waals surface area contributed by atoms with Crippen molar-refractivity contribution in [1.82, 2.24) is 4.90 Å². The molecule has 1 amide bonds. The van der Waals surface area contributed by atoms with Gasteiger partial charge in [0.15, 0.2) is 0 Å². The number of unbranched alkanes of at least 4 members (excludes halogenated alkanes) is 2. The number of benzene rings is 1. The molecule has 0 radical (unpaired) electrons. The van der Waals surface area contributed by atoms with E-state index >= 15 is 0 Å². The summed E-state index contributed by atoms with van der Waals surface area (Å²) in [6.07, 6.45) is 11.0. The zero-order valence-electron chi connectivity index (χ0n) is 17.5. The number of rotatable bonds is 10. The zero-order chi connectivity index (χ0) is 19.6. The second kappa shape index (κ2) is 11.2. The molecule has 3 heteroatoms. The van der Waals surface area contributed by atoms with Crippen LogP contribution in [0.1, 0.15) is 76.7 Å². The number of hydrogen-bond acceptors (Lipinski definition) is 2. The van der Waals surface area contributed by atoms with Gasteiger partial charge in [-0.15, -0.1) is 0 Å². The Hall–Kier alpha value is -1.77. The highest BCUT2D eigenvalue weighted by Crippen LogP contribution is 2.38. The minimum Gasteiger partial charge on any atom is -0.492 e. The third-order valence-corrected chi connectivity index (χ3v) is 5.82. The summed E-state index contributed by atoms with van der Waals surface area (Å²) in [5.74, 6) is 2.51. The monoisotopic (exact) mass is 371 g/mol. The summed E-state index contributed by atoms with van der Waals surface area (Å²) in [4.78, 5) is 13.4. The van der Waals surface area contributed by atoms with E-state index in [1.807, 2.05) is 0 Å². The molecule has 0 aromatic heterocycles. The van der Waals surface area contributed by atoms with Gasteiger partial charge in [0.1, 0.15) is 12.4 Å². The van der Waals surface area contributed by atoms with Crippen LogP contribution in [-0.2, 0) is 4.79 Å². The van der Waals surface area contributed by atoms with Crippen LogP contribution in [0.5, 0.6) is 5.75 Å². The molecule has 27 heavy (non-hydrogen) atoms. The first-order valence-corrected chi connectivity index (χ1v) is 10.6. The number of hydrogen-bond donors (Lipinski definition) is 0. The lowest BCUT2D eigenvalue weighted by molar-refractivity contribution is -0.126. The number of carbonyl (C=O) groups excluding carboxylic acids is 1. The standard InChI is InChI=1S/C24H37NO2/c1-5-6-7-8-20-9-11-21(12-10-20)22-13-15-23(16-14-22)27-18-17-25(4)24(26)19(2)3/h13-16,20-21H,2,5-12,17-18H2,1,3-4H3. The van der Waals surface area contributed by atoms with Crippen molar-refractivity contribution in [3.05, 3.63) is 42.0 Å². The van der Waals surface area contributed by atoms with Gasteiger partial charge in [-0.05, 0) is 62.1 Å². The molecule has 0 bridgehead atoms. The smallest absolute Gasteiger partial charge is 0.248 e. The first-order chi connectivity index (χ1) is 13.0. The van der Waals surface area contributed by atoms with Crippen LogP contribution in [0, 0.1) is 5.92 Å². The van der Waals surface area contributed by atoms with Crippen LogP contribution in [0.15, 0.2) is 36.4 Å². The van der Waals surface area contributed by atoms with Crippen molar-refractivity contribution in [2.24, 2.45) is 5.92 Å². The third kappa shape index (κ3) is 7.04. The van der Waals surface area contributed by atoms with Crippen LogP contribution in [0.3, 0.4) is 0 Å². The van der Waals surface area contributed by atoms with E-state index in [4.69, 9.17) is 4.74 Å². The lowest BCUT2D eigenvalue weighted by Crippen LogP contribution is -2.31. The van der Waals surface area contributed by atoms with Crippen LogP contribution in [0.2, 0.25) is 0 Å². The molecule has 2 rings (SSSR count). The van der Waals surface area contributed by atoms with Crippen LogP contribution >= 0.6 is 0 Å². The molecule has 1 aliphatic carbocycles. The summed E-state index contributed by atoms with van der Waals surface area (Å²) in [7, 11) is 1.78. The Kier molecular flexibility index (Phi) is 8.90. The fourth-order valence-corrected chi connectivity index (χ4v) is 4.03. The van der Waals surface area contributed by atoms with Crippen molar-refractivity contribution in [2.75, 3.05) is 20.2 Å². The van der Waals surface area contributed by atoms with E-state index in [9.17, 15) is 4.79 Å². The van der Waals surface area contributed by atoms with Crippen molar-refractivity contribution in [3.8, 4) is 5.75 Å². The molecule has 1 aromatic carbocycles. The molecule has 150 valence electrons. The normalized spacial score (nSPS) is 19.5. The summed E-state index contributed by atoms with van der Waals surface area (Å²) in [5, 5.41) is 0. The van der Waals surface area contributed by atoms with E-state index in [-0.39, 0.29) is 5.91 Å². The Morgan fingerprint density at radius 2 is 1.81 bits per heavy atom. The van der Waals surface area contributed by atoms with Gasteiger partial charge >= 0.3 is 0 Å². The largest absolute Gasteiger partial charge is 0.492 e. The maximum Gasteiger partial charge on any atom is 0.248 e. The number of carbonyl (C=O) groups is 1. The van der Waals surface area contributed by atoms with E-state index in [0.717, 1.165) is 11.7 Å². The van der Waals surface area contributed by atoms with Crippen molar-refractivity contribution in [2.45, 2.75) is 71.1 Å². The molecule has 1 saturated carbocycles. The van der Waals surface area contributed by atoms with Crippen molar-refractivity contribution in [1.29, 1.82) is 0 Å². The van der Waals surface area contributed by atoms with Crippen molar-refractivity contribution >= 4 is 5.91 Å². The van der Waals surface area contributed by atoms with E-state index in [0.29, 0.717) is 24.6 Å². The summed E-state index contributed by atoms with van der Waals surface area (Å²) in [6, 6.07) is 8.59. The Bertz CT molecular complexity index is 585. The third-order valence-electron chi connectivity index (χ3n) is 5.82. The minimum absolute atomic E-state index is 0.0285. The molecule has 1 aliphatic rings. The number of likely N-dealkylation sites (N-methyl/N-ethyl adjacent to an activating group) is 1. The van der Waals surface area contributed by atoms with Crippen LogP contribution in [0.25, 0.3) is 0 Å². The molecule has 0 atom stereocenters. The van der Waals surface area contributed by atoms with E-state index < -0.39 is 0 Å². The van der Waals surface area contributed by atoms with Gasteiger partial charge in [0.25, 0.3) is 0 Å². The molecular formula is C24H37NO2. The first kappa shape index (κ1) is 21.5. The second-order valence-corrected chi connectivity index (χ2v) is 8.14. The molecule has 0 spiro atoms. The average Bonchev–Trinajstić information content (AvgIpc) is 2.68. The minimum atomic E-state index is -0.0285. The fraction of sp³-hybridized carbons (Fsp3) is 0.625. The highest BCUT2D eigenvalue weighted by atomic mass is 16.5. The predicted octanol–water partition coefficient (Wildman–Crippen LogP) is 5.95. The molecule has 0 heterocycles. The maximum atomic E-state index is 11.8. The first-order valence-electron chi connectivity index (χ1n) is 10.6. The molecule has 3 nitrogen and oxygen atoms in total. The summed E-state index contributed by atoms with van der Waals surface area (Å²) in [6.45, 7) is 8.77. The van der Waals surface area contributed by atoms with Gasteiger partial charge in [-0.25, -0.2) is 0 Å². The van der Waals surface area contributed by atoms with Crippen molar-refractivity contribution < 1.29 is 9.53 Å². The Morgan fingerprint density at radius 1 is 1.15 bits per heavy atom. The molecule has 1 fully saturated rings. The van der Waals surface area contributed by atoms with Crippen LogP contribution in [-0.4, -0.2) is 31.0 Å². The summed E-state index contributed by atoms with van der Waals surface area (Å²) in [5.41, 5.74) is 2.01. The predicted molar refractivity (Wildman–Crippen MR) is 113 cm³/mol. The lowest BCUT2D eigenvalue weighted by atomic mass is 9.77. The molecular weight excluding hydrogens is 334 g/mol. The van der Waals surface area contributed by atoms with Crippen molar-refractivity contribution in [3.63, 3.8) is 0 Å². The van der Waals surface area contributed by atoms with E-state index in [1.54, 1.807) is 18.9 Å². The summed E-state index contributed by atoms with van der Waals surface area (Å²) < 4.78 is 5.80. The Morgan fingerprint density at radius 3 is 2.41 bits per heavy atom. The molecule has 0 N–H and O–H groups in total. The maximum absolute atomic E-state index is 11.8. The number of nitrogens with zero attached hydrogens (tertiary/aromatic N) is 1. The SMILES string of the molecule is C=C(C)C(=O)N(C)CCOc1ccc(C2CCC(CCCCC)CC2)cc1. The molecule has 0 unspecified atom stereocenters. The average molecular weight is 372 g/mol.